The molecule has 0 N–H and O–H groups in total. The molecule has 29 heavy (non-hydrogen) atoms. The van der Waals surface area contributed by atoms with Crippen LogP contribution in [0.2, 0.25) is 0 Å². The van der Waals surface area contributed by atoms with Crippen LogP contribution >= 0.6 is 0 Å². The number of nitrogens with zero attached hydrogens (tertiary/aromatic N) is 3. The molecule has 0 saturated carbocycles. The van der Waals surface area contributed by atoms with E-state index in [1.807, 2.05) is 6.07 Å². The molecule has 0 bridgehead atoms. The van der Waals surface area contributed by atoms with Crippen LogP contribution in [0.15, 0.2) is 54.6 Å². The number of rotatable bonds is 4. The number of piperazine rings is 1. The lowest BCUT2D eigenvalue weighted by atomic mass is 10.0. The number of hydrogen-bond donors (Lipinski definition) is 0. The van der Waals surface area contributed by atoms with Crippen molar-refractivity contribution < 1.29 is 13.2 Å². The minimum Gasteiger partial charge on any atom is -0.369 e. The summed E-state index contributed by atoms with van der Waals surface area (Å²) in [7, 11) is 0. The van der Waals surface area contributed by atoms with Gasteiger partial charge in [-0.2, -0.15) is 13.2 Å². The number of halogens is 3. The number of likely N-dealkylation sites (tertiary alicyclic amines) is 1. The smallest absolute Gasteiger partial charge is 0.369 e. The van der Waals surface area contributed by atoms with Crippen LogP contribution in [-0.2, 0) is 12.7 Å². The number of alkyl halides is 3. The van der Waals surface area contributed by atoms with Gasteiger partial charge < -0.3 is 4.90 Å². The Kier molecular flexibility index (Phi) is 6.11. The molecule has 2 aromatic rings. The Labute approximate surface area is 170 Å². The fraction of sp³-hybridized carbons (Fsp3) is 0.478. The van der Waals surface area contributed by atoms with Gasteiger partial charge in [-0.1, -0.05) is 36.4 Å². The van der Waals surface area contributed by atoms with E-state index in [4.69, 9.17) is 0 Å². The summed E-state index contributed by atoms with van der Waals surface area (Å²) in [5, 5.41) is 0. The third-order valence-corrected chi connectivity index (χ3v) is 6.10. The van der Waals surface area contributed by atoms with Gasteiger partial charge >= 0.3 is 6.18 Å². The summed E-state index contributed by atoms with van der Waals surface area (Å²) in [6.07, 6.45) is -1.89. The van der Waals surface area contributed by atoms with Crippen LogP contribution in [0.4, 0.5) is 18.9 Å². The highest BCUT2D eigenvalue weighted by Gasteiger charge is 2.32. The largest absolute Gasteiger partial charge is 0.416 e. The van der Waals surface area contributed by atoms with E-state index in [0.29, 0.717) is 11.7 Å². The van der Waals surface area contributed by atoms with E-state index in [1.165, 1.54) is 30.5 Å². The summed E-state index contributed by atoms with van der Waals surface area (Å²) in [6, 6.07) is 16.8. The van der Waals surface area contributed by atoms with Gasteiger partial charge in [0.15, 0.2) is 0 Å². The first kappa shape index (κ1) is 20.2. The van der Waals surface area contributed by atoms with Crippen LogP contribution in [0.3, 0.4) is 0 Å². The Balaban J connectivity index is 1.32. The SMILES string of the molecule is FC(F)(F)c1cccc(N2CCN(C3CCCN(Cc4ccccc4)C3)CC2)c1. The number of benzene rings is 2. The van der Waals surface area contributed by atoms with Crippen LogP contribution in [-0.4, -0.2) is 55.1 Å². The van der Waals surface area contributed by atoms with Gasteiger partial charge in [0.2, 0.25) is 0 Å². The van der Waals surface area contributed by atoms with Crippen LogP contribution in [0.1, 0.15) is 24.0 Å². The van der Waals surface area contributed by atoms with Gasteiger partial charge in [0, 0.05) is 51.0 Å². The molecule has 0 aromatic heterocycles. The second-order valence-corrected chi connectivity index (χ2v) is 8.09. The highest BCUT2D eigenvalue weighted by Crippen LogP contribution is 2.32. The van der Waals surface area contributed by atoms with E-state index in [9.17, 15) is 13.2 Å². The lowest BCUT2D eigenvalue weighted by Crippen LogP contribution is -2.55. The molecule has 4 rings (SSSR count). The van der Waals surface area contributed by atoms with E-state index < -0.39 is 11.7 Å². The quantitative estimate of drug-likeness (QED) is 0.745. The third kappa shape index (κ3) is 5.11. The van der Waals surface area contributed by atoms with E-state index in [0.717, 1.165) is 51.9 Å². The van der Waals surface area contributed by atoms with Crippen molar-refractivity contribution in [3.63, 3.8) is 0 Å². The van der Waals surface area contributed by atoms with Gasteiger partial charge in [-0.3, -0.25) is 9.80 Å². The monoisotopic (exact) mass is 403 g/mol. The maximum absolute atomic E-state index is 13.0. The molecule has 2 aliphatic heterocycles. The number of anilines is 1. The topological polar surface area (TPSA) is 9.72 Å². The van der Waals surface area contributed by atoms with E-state index in [-0.39, 0.29) is 0 Å². The van der Waals surface area contributed by atoms with Crippen LogP contribution in [0.25, 0.3) is 0 Å². The van der Waals surface area contributed by atoms with Crippen LogP contribution in [0, 0.1) is 0 Å². The van der Waals surface area contributed by atoms with E-state index >= 15 is 0 Å². The predicted molar refractivity (Wildman–Crippen MR) is 110 cm³/mol. The lowest BCUT2D eigenvalue weighted by molar-refractivity contribution is -0.137. The zero-order valence-corrected chi connectivity index (χ0v) is 16.6. The fourth-order valence-corrected chi connectivity index (χ4v) is 4.54. The number of piperidine rings is 1. The molecule has 2 heterocycles. The summed E-state index contributed by atoms with van der Waals surface area (Å²) >= 11 is 0. The molecule has 2 aromatic carbocycles. The second kappa shape index (κ2) is 8.76. The fourth-order valence-electron chi connectivity index (χ4n) is 4.54. The molecular formula is C23H28F3N3. The van der Waals surface area contributed by atoms with Crippen molar-refractivity contribution in [2.75, 3.05) is 44.2 Å². The summed E-state index contributed by atoms with van der Waals surface area (Å²) in [6.45, 7) is 6.54. The summed E-state index contributed by atoms with van der Waals surface area (Å²) in [5.41, 5.74) is 1.46. The molecule has 1 atom stereocenters. The first-order valence-electron chi connectivity index (χ1n) is 10.4. The Morgan fingerprint density at radius 3 is 2.34 bits per heavy atom. The molecule has 0 aliphatic carbocycles. The minimum absolute atomic E-state index is 0.538. The standard InChI is InChI=1S/C23H28F3N3/c24-23(25,26)20-8-4-9-21(16-20)28-12-14-29(15-13-28)22-10-5-11-27(18-22)17-19-6-2-1-3-7-19/h1-4,6-9,16,22H,5,10-15,17-18H2. The Morgan fingerprint density at radius 2 is 1.62 bits per heavy atom. The molecule has 2 aliphatic rings. The van der Waals surface area contributed by atoms with Crippen molar-refractivity contribution in [2.24, 2.45) is 0 Å². The first-order chi connectivity index (χ1) is 14.0. The molecule has 0 radical (unpaired) electrons. The highest BCUT2D eigenvalue weighted by atomic mass is 19.4. The Bertz CT molecular complexity index is 785. The van der Waals surface area contributed by atoms with Crippen LogP contribution < -0.4 is 4.90 Å². The molecule has 2 saturated heterocycles. The predicted octanol–water partition coefficient (Wildman–Crippen LogP) is 4.49. The zero-order valence-electron chi connectivity index (χ0n) is 16.6. The maximum atomic E-state index is 13.0. The average molecular weight is 403 g/mol. The average Bonchev–Trinajstić information content (AvgIpc) is 2.74. The van der Waals surface area contributed by atoms with Crippen molar-refractivity contribution in [3.8, 4) is 0 Å². The lowest BCUT2D eigenvalue weighted by Gasteiger charge is -2.44. The van der Waals surface area contributed by atoms with Crippen molar-refractivity contribution in [1.29, 1.82) is 0 Å². The van der Waals surface area contributed by atoms with E-state index in [2.05, 4.69) is 39.0 Å². The number of hydrogen-bond acceptors (Lipinski definition) is 3. The highest BCUT2D eigenvalue weighted by molar-refractivity contribution is 5.49. The van der Waals surface area contributed by atoms with Gasteiger partial charge in [0.25, 0.3) is 0 Å². The van der Waals surface area contributed by atoms with Crippen molar-refractivity contribution in [3.05, 3.63) is 65.7 Å². The molecule has 2 fully saturated rings. The van der Waals surface area contributed by atoms with Gasteiger partial charge in [0.05, 0.1) is 5.56 Å². The Hall–Kier alpha value is -2.05. The third-order valence-electron chi connectivity index (χ3n) is 6.10. The van der Waals surface area contributed by atoms with Gasteiger partial charge in [0.1, 0.15) is 0 Å². The Morgan fingerprint density at radius 1 is 0.862 bits per heavy atom. The minimum atomic E-state index is -4.29. The van der Waals surface area contributed by atoms with Gasteiger partial charge in [-0.15, -0.1) is 0 Å². The second-order valence-electron chi connectivity index (χ2n) is 8.09. The normalized spacial score (nSPS) is 22.0. The van der Waals surface area contributed by atoms with Gasteiger partial charge in [-0.25, -0.2) is 0 Å². The molecule has 0 amide bonds. The molecule has 156 valence electrons. The molecular weight excluding hydrogens is 375 g/mol. The molecule has 3 nitrogen and oxygen atoms in total. The summed E-state index contributed by atoms with van der Waals surface area (Å²) < 4.78 is 39.0. The van der Waals surface area contributed by atoms with Crippen LogP contribution in [0.5, 0.6) is 0 Å². The molecule has 0 spiro atoms. The van der Waals surface area contributed by atoms with Gasteiger partial charge in [-0.05, 0) is 43.1 Å². The summed E-state index contributed by atoms with van der Waals surface area (Å²) in [5.74, 6) is 0. The molecule has 6 heteroatoms. The van der Waals surface area contributed by atoms with E-state index in [1.54, 1.807) is 6.07 Å². The maximum Gasteiger partial charge on any atom is 0.416 e. The van der Waals surface area contributed by atoms with Crippen molar-refractivity contribution in [2.45, 2.75) is 31.6 Å². The summed E-state index contributed by atoms with van der Waals surface area (Å²) in [4.78, 5) is 7.14. The van der Waals surface area contributed by atoms with Crippen molar-refractivity contribution >= 4 is 5.69 Å². The van der Waals surface area contributed by atoms with Crippen molar-refractivity contribution in [1.82, 2.24) is 9.80 Å². The first-order valence-corrected chi connectivity index (χ1v) is 10.4. The molecule has 1 unspecified atom stereocenters. The zero-order chi connectivity index (χ0) is 20.3.